The van der Waals surface area contributed by atoms with Gasteiger partial charge in [-0.15, -0.1) is 11.3 Å². The maximum atomic E-state index is 13.4. The molecule has 0 aliphatic carbocycles. The zero-order valence-electron chi connectivity index (χ0n) is 15.4. The molecule has 148 valence electrons. The van der Waals surface area contributed by atoms with Crippen LogP contribution in [0, 0.1) is 0 Å². The summed E-state index contributed by atoms with van der Waals surface area (Å²) in [6.07, 6.45) is 0.403. The molecular formula is C21H22F2N2O2S. The molecule has 7 heteroatoms. The lowest BCUT2D eigenvalue weighted by Gasteiger charge is -2.38. The number of carbonyl (C=O) groups is 1. The summed E-state index contributed by atoms with van der Waals surface area (Å²) in [4.78, 5) is 17.5. The van der Waals surface area contributed by atoms with E-state index in [2.05, 4.69) is 17.0 Å². The van der Waals surface area contributed by atoms with Crippen molar-refractivity contribution in [2.45, 2.75) is 50.0 Å². The largest absolute Gasteiger partial charge is 0.371 e. The van der Waals surface area contributed by atoms with Crippen molar-refractivity contribution in [2.75, 3.05) is 18.0 Å². The second kappa shape index (κ2) is 6.81. The first-order valence-corrected chi connectivity index (χ1v) is 10.6. The molecule has 1 amide bonds. The van der Waals surface area contributed by atoms with E-state index in [0.29, 0.717) is 25.9 Å². The van der Waals surface area contributed by atoms with Crippen LogP contribution in [0.2, 0.25) is 0 Å². The van der Waals surface area contributed by atoms with Crippen molar-refractivity contribution in [1.82, 2.24) is 4.90 Å². The Bertz CT molecular complexity index is 864. The van der Waals surface area contributed by atoms with Crippen molar-refractivity contribution >= 4 is 22.9 Å². The number of thiophene rings is 1. The lowest BCUT2D eigenvalue weighted by Crippen LogP contribution is -2.50. The molecule has 1 unspecified atom stereocenters. The highest BCUT2D eigenvalue weighted by atomic mass is 32.1. The number of halogens is 2. The quantitative estimate of drug-likeness (QED) is 0.741. The summed E-state index contributed by atoms with van der Waals surface area (Å²) >= 11 is 1.09. The summed E-state index contributed by atoms with van der Waals surface area (Å²) in [6.45, 7) is 1.28. The molecule has 1 aromatic carbocycles. The first-order valence-electron chi connectivity index (χ1n) is 9.74. The van der Waals surface area contributed by atoms with Crippen LogP contribution in [-0.2, 0) is 9.53 Å². The van der Waals surface area contributed by atoms with Gasteiger partial charge in [0.25, 0.3) is 12.3 Å². The Labute approximate surface area is 166 Å². The fourth-order valence-electron chi connectivity index (χ4n) is 4.80. The number of hydrogen-bond donors (Lipinski definition) is 0. The van der Waals surface area contributed by atoms with E-state index < -0.39 is 12.0 Å². The molecule has 3 fully saturated rings. The van der Waals surface area contributed by atoms with Gasteiger partial charge in [0.2, 0.25) is 0 Å². The van der Waals surface area contributed by atoms with Crippen LogP contribution in [0.15, 0.2) is 41.8 Å². The Morgan fingerprint density at radius 1 is 1.14 bits per heavy atom. The van der Waals surface area contributed by atoms with Crippen molar-refractivity contribution in [1.29, 1.82) is 0 Å². The van der Waals surface area contributed by atoms with E-state index in [-0.39, 0.29) is 23.1 Å². The number of fused-ring (bicyclic) bond motifs is 1. The number of benzene rings is 1. The lowest BCUT2D eigenvalue weighted by atomic mass is 9.89. The summed E-state index contributed by atoms with van der Waals surface area (Å²) in [7, 11) is 0. The van der Waals surface area contributed by atoms with Crippen molar-refractivity contribution in [3.63, 3.8) is 0 Å². The molecule has 28 heavy (non-hydrogen) atoms. The summed E-state index contributed by atoms with van der Waals surface area (Å²) in [5, 5.41) is 1.78. The molecule has 4 nitrogen and oxygen atoms in total. The maximum Gasteiger partial charge on any atom is 0.272 e. The number of carbonyl (C=O) groups excluding carboxylic acids is 1. The van der Waals surface area contributed by atoms with Gasteiger partial charge >= 0.3 is 0 Å². The third-order valence-electron chi connectivity index (χ3n) is 6.26. The van der Waals surface area contributed by atoms with Gasteiger partial charge in [0.05, 0.1) is 10.9 Å². The molecule has 4 heterocycles. The van der Waals surface area contributed by atoms with Gasteiger partial charge < -0.3 is 14.5 Å². The molecule has 0 saturated carbocycles. The predicted octanol–water partition coefficient (Wildman–Crippen LogP) is 4.74. The Morgan fingerprint density at radius 3 is 2.57 bits per heavy atom. The fraction of sp³-hybridized carbons (Fsp3) is 0.476. The van der Waals surface area contributed by atoms with Crippen LogP contribution in [0.1, 0.15) is 48.6 Å². The van der Waals surface area contributed by atoms with Crippen LogP contribution in [-0.4, -0.2) is 35.7 Å². The van der Waals surface area contributed by atoms with Crippen LogP contribution in [0.3, 0.4) is 0 Å². The van der Waals surface area contributed by atoms with E-state index in [1.165, 1.54) is 0 Å². The molecule has 0 radical (unpaired) electrons. The van der Waals surface area contributed by atoms with Crippen LogP contribution >= 0.6 is 11.3 Å². The van der Waals surface area contributed by atoms with Crippen molar-refractivity contribution in [3.8, 4) is 0 Å². The minimum Gasteiger partial charge on any atom is -0.371 e. The van der Waals surface area contributed by atoms with Gasteiger partial charge in [-0.3, -0.25) is 4.79 Å². The van der Waals surface area contributed by atoms with E-state index in [9.17, 15) is 13.6 Å². The molecule has 5 rings (SSSR count). The van der Waals surface area contributed by atoms with E-state index in [1.807, 2.05) is 23.1 Å². The second-order valence-electron chi connectivity index (χ2n) is 7.78. The molecule has 1 spiro atoms. The molecule has 1 aromatic heterocycles. The van der Waals surface area contributed by atoms with Gasteiger partial charge in [0.15, 0.2) is 5.60 Å². The number of hydrogen-bond acceptors (Lipinski definition) is 4. The normalized spacial score (nSPS) is 26.5. The number of alkyl halides is 2. The van der Waals surface area contributed by atoms with Gasteiger partial charge in [-0.1, -0.05) is 30.3 Å². The van der Waals surface area contributed by atoms with Crippen LogP contribution < -0.4 is 4.90 Å². The fourth-order valence-corrected chi connectivity index (χ4v) is 5.56. The average Bonchev–Trinajstić information content (AvgIpc) is 3.41. The first-order chi connectivity index (χ1) is 13.6. The Hall–Kier alpha value is -1.99. The number of amides is 1. The van der Waals surface area contributed by atoms with Gasteiger partial charge in [0.1, 0.15) is 6.23 Å². The first kappa shape index (κ1) is 18.1. The zero-order valence-corrected chi connectivity index (χ0v) is 16.2. The molecule has 0 bridgehead atoms. The standard InChI is InChI=1S/C21H22F2N2O2S/c22-19(23)17-12-15(13-28-17)24-10-8-21(9-11-24)20(26)25-16(6-7-18(25)27-21)14-4-2-1-3-5-14/h1-5,12-13,16,18-19H,6-11H2/t16-,18?/m0/s1. The second-order valence-corrected chi connectivity index (χ2v) is 8.72. The number of nitrogens with zero attached hydrogens (tertiary/aromatic N) is 2. The van der Waals surface area contributed by atoms with Crippen molar-refractivity contribution < 1.29 is 18.3 Å². The van der Waals surface area contributed by atoms with Crippen LogP contribution in [0.25, 0.3) is 0 Å². The highest BCUT2D eigenvalue weighted by molar-refractivity contribution is 7.10. The average molecular weight is 404 g/mol. The lowest BCUT2D eigenvalue weighted by molar-refractivity contribution is -0.140. The summed E-state index contributed by atoms with van der Waals surface area (Å²) in [5.74, 6) is 0.0992. The van der Waals surface area contributed by atoms with E-state index >= 15 is 0 Å². The Balaban J connectivity index is 1.31. The predicted molar refractivity (Wildman–Crippen MR) is 104 cm³/mol. The van der Waals surface area contributed by atoms with Gasteiger partial charge in [0, 0.05) is 37.0 Å². The molecular weight excluding hydrogens is 382 g/mol. The Morgan fingerprint density at radius 2 is 1.89 bits per heavy atom. The molecule has 3 aliphatic heterocycles. The molecule has 0 N–H and O–H groups in total. The molecule has 2 aromatic rings. The van der Waals surface area contributed by atoms with Gasteiger partial charge in [-0.05, 0) is 24.5 Å². The van der Waals surface area contributed by atoms with Crippen LogP contribution in [0.5, 0.6) is 0 Å². The number of ether oxygens (including phenoxy) is 1. The minimum atomic E-state index is -2.43. The molecule has 3 aliphatic rings. The number of anilines is 1. The SMILES string of the molecule is O=C1N2C(CC[C@H]2c2ccccc2)OC12CCN(c1csc(C(F)F)c1)CC2. The van der Waals surface area contributed by atoms with Gasteiger partial charge in [-0.25, -0.2) is 8.78 Å². The monoisotopic (exact) mass is 404 g/mol. The zero-order chi connectivity index (χ0) is 19.3. The summed E-state index contributed by atoms with van der Waals surface area (Å²) in [6, 6.07) is 11.8. The molecule has 3 saturated heterocycles. The van der Waals surface area contributed by atoms with Gasteiger partial charge in [-0.2, -0.15) is 0 Å². The smallest absolute Gasteiger partial charge is 0.272 e. The summed E-state index contributed by atoms with van der Waals surface area (Å²) < 4.78 is 32.1. The maximum absolute atomic E-state index is 13.4. The third kappa shape index (κ3) is 2.83. The highest BCUT2D eigenvalue weighted by Gasteiger charge is 2.57. The van der Waals surface area contributed by atoms with Crippen molar-refractivity contribution in [2.24, 2.45) is 0 Å². The number of rotatable bonds is 3. The van der Waals surface area contributed by atoms with E-state index in [4.69, 9.17) is 4.74 Å². The highest BCUT2D eigenvalue weighted by Crippen LogP contribution is 2.48. The van der Waals surface area contributed by atoms with Crippen LogP contribution in [0.4, 0.5) is 14.5 Å². The topological polar surface area (TPSA) is 32.8 Å². The third-order valence-corrected chi connectivity index (χ3v) is 7.19. The molecule has 2 atom stereocenters. The van der Waals surface area contributed by atoms with E-state index in [1.54, 1.807) is 11.4 Å². The van der Waals surface area contributed by atoms with Crippen molar-refractivity contribution in [3.05, 3.63) is 52.2 Å². The number of piperidine rings is 1. The summed E-state index contributed by atoms with van der Waals surface area (Å²) in [5.41, 5.74) is 1.23. The van der Waals surface area contributed by atoms with E-state index in [0.717, 1.165) is 35.4 Å². The Kier molecular flexibility index (Phi) is 4.39. The minimum absolute atomic E-state index is 0.0848.